The second kappa shape index (κ2) is 3.17. The Morgan fingerprint density at radius 1 is 1.75 bits per heavy atom. The van der Waals surface area contributed by atoms with Gasteiger partial charge in [0.1, 0.15) is 6.61 Å². The fraction of sp³-hybridized carbons (Fsp3) is 0.500. The van der Waals surface area contributed by atoms with Crippen molar-refractivity contribution >= 4 is 10.3 Å². The average molecular weight is 192 g/mol. The highest BCUT2D eigenvalue weighted by molar-refractivity contribution is 7.84. The molecule has 0 amide bonds. The van der Waals surface area contributed by atoms with Crippen molar-refractivity contribution in [2.45, 2.75) is 6.61 Å². The molecule has 0 unspecified atom stereocenters. The summed E-state index contributed by atoms with van der Waals surface area (Å²) in [4.78, 5) is 0. The first-order valence-corrected chi connectivity index (χ1v) is 4.47. The molecule has 0 atom stereocenters. The molecule has 0 spiro atoms. The Labute approximate surface area is 69.4 Å². The highest BCUT2D eigenvalue weighted by Gasteiger charge is 2.05. The summed E-state index contributed by atoms with van der Waals surface area (Å²) in [5.41, 5.74) is 0.532. The van der Waals surface area contributed by atoms with E-state index in [2.05, 4.69) is 19.6 Å². The van der Waals surface area contributed by atoms with Crippen LogP contribution in [0.5, 0.6) is 0 Å². The van der Waals surface area contributed by atoms with Gasteiger partial charge < -0.3 is 0 Å². The van der Waals surface area contributed by atoms with Gasteiger partial charge in [0.2, 0.25) is 0 Å². The third kappa shape index (κ3) is 2.57. The van der Waals surface area contributed by atoms with Crippen molar-refractivity contribution in [1.29, 1.82) is 0 Å². The van der Waals surface area contributed by atoms with E-state index in [4.69, 9.17) is 0 Å². The van der Waals surface area contributed by atoms with Crippen LogP contribution in [0.4, 0.5) is 0 Å². The highest BCUT2D eigenvalue weighted by atomic mass is 32.2. The number of nitrogens with two attached hydrogens (primary N) is 1. The molecule has 2 N–H and O–H groups in total. The van der Waals surface area contributed by atoms with Gasteiger partial charge in [0.25, 0.3) is 0 Å². The van der Waals surface area contributed by atoms with Crippen LogP contribution in [-0.2, 0) is 28.1 Å². The van der Waals surface area contributed by atoms with E-state index >= 15 is 0 Å². The van der Waals surface area contributed by atoms with E-state index in [1.54, 1.807) is 7.05 Å². The zero-order valence-electron chi connectivity index (χ0n) is 6.34. The van der Waals surface area contributed by atoms with Crippen molar-refractivity contribution in [2.75, 3.05) is 0 Å². The summed E-state index contributed by atoms with van der Waals surface area (Å²) in [5.74, 6) is 0. The van der Waals surface area contributed by atoms with Crippen LogP contribution >= 0.6 is 0 Å². The number of aromatic nitrogens is 3. The van der Waals surface area contributed by atoms with Crippen LogP contribution in [0, 0.1) is 0 Å². The third-order valence-electron chi connectivity index (χ3n) is 1.18. The molecule has 0 saturated heterocycles. The smallest absolute Gasteiger partial charge is 0.252 e. The Morgan fingerprint density at radius 2 is 2.42 bits per heavy atom. The lowest BCUT2D eigenvalue weighted by Gasteiger charge is -1.99. The van der Waals surface area contributed by atoms with E-state index in [0.717, 1.165) is 0 Å². The standard InChI is InChI=1S/C4H8N4O3S/c1-8-4(2-6-7-8)3-11-12(5,9)10/h2H,3H2,1H3,(H2,5,9,10). The number of aryl methyl sites for hydroxylation is 1. The van der Waals surface area contributed by atoms with Gasteiger partial charge in [0, 0.05) is 7.05 Å². The zero-order chi connectivity index (χ0) is 9.19. The molecule has 1 heterocycles. The number of hydrogen-bond acceptors (Lipinski definition) is 5. The van der Waals surface area contributed by atoms with Crippen molar-refractivity contribution in [1.82, 2.24) is 15.0 Å². The van der Waals surface area contributed by atoms with Crippen molar-refractivity contribution < 1.29 is 12.6 Å². The summed E-state index contributed by atoms with van der Waals surface area (Å²) in [6.07, 6.45) is 1.39. The lowest BCUT2D eigenvalue weighted by molar-refractivity contribution is 0.298. The SMILES string of the molecule is Cn1nncc1COS(N)(=O)=O. The zero-order valence-corrected chi connectivity index (χ0v) is 7.15. The molecule has 1 aromatic heterocycles. The molecule has 12 heavy (non-hydrogen) atoms. The molecule has 68 valence electrons. The molecule has 1 rings (SSSR count). The molecule has 0 aliphatic heterocycles. The van der Waals surface area contributed by atoms with E-state index in [-0.39, 0.29) is 6.61 Å². The summed E-state index contributed by atoms with van der Waals surface area (Å²) >= 11 is 0. The van der Waals surface area contributed by atoms with Crippen LogP contribution in [0.2, 0.25) is 0 Å². The summed E-state index contributed by atoms with van der Waals surface area (Å²) in [7, 11) is -2.27. The number of nitrogens with zero attached hydrogens (tertiary/aromatic N) is 3. The lowest BCUT2D eigenvalue weighted by Crippen LogP contribution is -2.16. The van der Waals surface area contributed by atoms with Crippen LogP contribution in [-0.4, -0.2) is 23.4 Å². The lowest BCUT2D eigenvalue weighted by atomic mass is 10.5. The molecule has 0 bridgehead atoms. The van der Waals surface area contributed by atoms with Crippen LogP contribution in [0.15, 0.2) is 6.20 Å². The van der Waals surface area contributed by atoms with Gasteiger partial charge in [0.05, 0.1) is 11.9 Å². The third-order valence-corrected chi connectivity index (χ3v) is 1.63. The van der Waals surface area contributed by atoms with E-state index < -0.39 is 10.3 Å². The van der Waals surface area contributed by atoms with Gasteiger partial charge in [-0.15, -0.1) is 5.10 Å². The van der Waals surface area contributed by atoms with E-state index in [1.165, 1.54) is 10.9 Å². The summed E-state index contributed by atoms with van der Waals surface area (Å²) in [5, 5.41) is 11.7. The first kappa shape index (κ1) is 9.10. The number of rotatable bonds is 3. The van der Waals surface area contributed by atoms with Gasteiger partial charge in [0.15, 0.2) is 0 Å². The molecule has 0 aliphatic rings. The van der Waals surface area contributed by atoms with Crippen molar-refractivity contribution in [3.05, 3.63) is 11.9 Å². The molecule has 0 aliphatic carbocycles. The predicted octanol–water partition coefficient (Wildman–Crippen LogP) is -1.46. The minimum absolute atomic E-state index is 0.150. The Morgan fingerprint density at radius 3 is 2.83 bits per heavy atom. The largest absolute Gasteiger partial charge is 0.333 e. The molecule has 0 fully saturated rings. The molecule has 8 heteroatoms. The van der Waals surface area contributed by atoms with E-state index in [9.17, 15) is 8.42 Å². The molecule has 0 saturated carbocycles. The first-order chi connectivity index (χ1) is 5.49. The van der Waals surface area contributed by atoms with Crippen molar-refractivity contribution in [3.63, 3.8) is 0 Å². The van der Waals surface area contributed by atoms with Crippen molar-refractivity contribution in [2.24, 2.45) is 12.2 Å². The van der Waals surface area contributed by atoms with Crippen LogP contribution in [0.25, 0.3) is 0 Å². The maximum absolute atomic E-state index is 10.3. The molecular weight excluding hydrogens is 184 g/mol. The molecule has 0 aromatic carbocycles. The van der Waals surface area contributed by atoms with Crippen molar-refractivity contribution in [3.8, 4) is 0 Å². The first-order valence-electron chi connectivity index (χ1n) is 3.00. The summed E-state index contributed by atoms with van der Waals surface area (Å²) in [6.45, 7) is -0.150. The summed E-state index contributed by atoms with van der Waals surface area (Å²) in [6, 6.07) is 0. The predicted molar refractivity (Wildman–Crippen MR) is 38.9 cm³/mol. The Bertz CT molecular complexity index is 356. The fourth-order valence-electron chi connectivity index (χ4n) is 0.584. The minimum Gasteiger partial charge on any atom is -0.252 e. The van der Waals surface area contributed by atoms with Gasteiger partial charge in [-0.25, -0.2) is 5.14 Å². The molecule has 1 aromatic rings. The van der Waals surface area contributed by atoms with Crippen LogP contribution in [0.3, 0.4) is 0 Å². The second-order valence-corrected chi connectivity index (χ2v) is 3.33. The molecule has 0 radical (unpaired) electrons. The van der Waals surface area contributed by atoms with E-state index in [0.29, 0.717) is 5.69 Å². The quantitative estimate of drug-likeness (QED) is 0.630. The maximum Gasteiger partial charge on any atom is 0.333 e. The highest BCUT2D eigenvalue weighted by Crippen LogP contribution is 1.97. The Hall–Kier alpha value is -0.990. The second-order valence-electron chi connectivity index (χ2n) is 2.10. The van der Waals surface area contributed by atoms with Gasteiger partial charge >= 0.3 is 10.3 Å². The normalized spacial score (nSPS) is 11.8. The fourth-order valence-corrected chi connectivity index (χ4v) is 0.869. The Kier molecular flexibility index (Phi) is 2.40. The van der Waals surface area contributed by atoms with E-state index in [1.807, 2.05) is 0 Å². The minimum atomic E-state index is -3.89. The maximum atomic E-state index is 10.3. The monoisotopic (exact) mass is 192 g/mol. The van der Waals surface area contributed by atoms with Gasteiger partial charge in [-0.1, -0.05) is 5.21 Å². The Balaban J connectivity index is 2.61. The topological polar surface area (TPSA) is 100 Å². The average Bonchev–Trinajstić information content (AvgIpc) is 2.29. The van der Waals surface area contributed by atoms with Gasteiger partial charge in [-0.05, 0) is 0 Å². The summed E-state index contributed by atoms with van der Waals surface area (Å²) < 4.78 is 26.4. The van der Waals surface area contributed by atoms with Gasteiger partial charge in [-0.2, -0.15) is 8.42 Å². The molecule has 7 nitrogen and oxygen atoms in total. The molecular formula is C4H8N4O3S. The van der Waals surface area contributed by atoms with Crippen LogP contribution in [0.1, 0.15) is 5.69 Å². The van der Waals surface area contributed by atoms with Gasteiger partial charge in [-0.3, -0.25) is 8.86 Å². The van der Waals surface area contributed by atoms with Crippen LogP contribution < -0.4 is 5.14 Å². The number of hydrogen-bond donors (Lipinski definition) is 1.